The standard InChI is InChI=1S/C13H18FN3O/c1-9(17(2)10-5-6-10)8-16-13(18)11-4-3-7-15-12(11)14/h3-4,7,9-10H,5-6,8H2,1-2H3,(H,16,18). The lowest BCUT2D eigenvalue weighted by Crippen LogP contribution is -2.41. The maximum atomic E-state index is 13.3. The van der Waals surface area contributed by atoms with Gasteiger partial charge in [0, 0.05) is 24.8 Å². The van der Waals surface area contributed by atoms with Gasteiger partial charge in [-0.05, 0) is 38.9 Å². The number of halogens is 1. The number of pyridine rings is 1. The van der Waals surface area contributed by atoms with Crippen LogP contribution in [0.25, 0.3) is 0 Å². The van der Waals surface area contributed by atoms with Crippen molar-refractivity contribution >= 4 is 5.91 Å². The van der Waals surface area contributed by atoms with E-state index in [1.54, 1.807) is 6.07 Å². The van der Waals surface area contributed by atoms with Gasteiger partial charge in [0.2, 0.25) is 5.95 Å². The summed E-state index contributed by atoms with van der Waals surface area (Å²) in [5.74, 6) is -1.13. The number of rotatable bonds is 5. The molecule has 0 spiro atoms. The van der Waals surface area contributed by atoms with E-state index < -0.39 is 11.9 Å². The highest BCUT2D eigenvalue weighted by Gasteiger charge is 2.29. The van der Waals surface area contributed by atoms with Gasteiger partial charge in [-0.1, -0.05) is 0 Å². The van der Waals surface area contributed by atoms with Crippen LogP contribution < -0.4 is 5.32 Å². The molecule has 98 valence electrons. The molecule has 1 unspecified atom stereocenters. The van der Waals surface area contributed by atoms with Gasteiger partial charge in [-0.2, -0.15) is 4.39 Å². The fraction of sp³-hybridized carbons (Fsp3) is 0.538. The van der Waals surface area contributed by atoms with Crippen molar-refractivity contribution in [3.05, 3.63) is 29.8 Å². The van der Waals surface area contributed by atoms with E-state index >= 15 is 0 Å². The Morgan fingerprint density at radius 1 is 1.67 bits per heavy atom. The van der Waals surface area contributed by atoms with Gasteiger partial charge >= 0.3 is 0 Å². The molecule has 0 saturated heterocycles. The van der Waals surface area contributed by atoms with Crippen molar-refractivity contribution in [2.45, 2.75) is 31.8 Å². The molecule has 1 atom stereocenters. The summed E-state index contributed by atoms with van der Waals surface area (Å²) in [6.07, 6.45) is 3.79. The first kappa shape index (κ1) is 13.0. The number of carbonyl (C=O) groups excluding carboxylic acids is 1. The number of amides is 1. The van der Waals surface area contributed by atoms with E-state index in [1.807, 2.05) is 0 Å². The Bertz CT molecular complexity index is 434. The highest BCUT2D eigenvalue weighted by molar-refractivity contribution is 5.94. The first-order valence-electron chi connectivity index (χ1n) is 6.20. The number of carbonyl (C=O) groups is 1. The zero-order valence-electron chi connectivity index (χ0n) is 10.7. The number of aromatic nitrogens is 1. The molecule has 1 fully saturated rings. The van der Waals surface area contributed by atoms with Crippen LogP contribution in [0.3, 0.4) is 0 Å². The summed E-state index contributed by atoms with van der Waals surface area (Å²) in [5, 5.41) is 2.74. The maximum Gasteiger partial charge on any atom is 0.255 e. The van der Waals surface area contributed by atoms with E-state index in [0.29, 0.717) is 12.6 Å². The molecule has 0 bridgehead atoms. The maximum absolute atomic E-state index is 13.3. The Morgan fingerprint density at radius 2 is 2.39 bits per heavy atom. The molecule has 18 heavy (non-hydrogen) atoms. The predicted octanol–water partition coefficient (Wildman–Crippen LogP) is 1.43. The lowest BCUT2D eigenvalue weighted by molar-refractivity contribution is 0.0934. The van der Waals surface area contributed by atoms with Gasteiger partial charge in [0.15, 0.2) is 0 Å². The van der Waals surface area contributed by atoms with Crippen LogP contribution in [-0.4, -0.2) is 41.5 Å². The van der Waals surface area contributed by atoms with Gasteiger partial charge in [0.1, 0.15) is 0 Å². The molecule has 1 aromatic rings. The van der Waals surface area contributed by atoms with Crippen LogP contribution in [0.1, 0.15) is 30.1 Å². The molecule has 1 aliphatic carbocycles. The molecule has 1 N–H and O–H groups in total. The number of hydrogen-bond donors (Lipinski definition) is 1. The topological polar surface area (TPSA) is 45.2 Å². The van der Waals surface area contributed by atoms with Gasteiger partial charge < -0.3 is 5.32 Å². The molecular weight excluding hydrogens is 233 g/mol. The number of likely N-dealkylation sites (N-methyl/N-ethyl adjacent to an activating group) is 1. The third kappa shape index (κ3) is 3.04. The zero-order chi connectivity index (χ0) is 13.1. The lowest BCUT2D eigenvalue weighted by Gasteiger charge is -2.24. The normalized spacial score (nSPS) is 16.7. The Kier molecular flexibility index (Phi) is 3.91. The van der Waals surface area contributed by atoms with Gasteiger partial charge in [-0.25, -0.2) is 4.98 Å². The van der Waals surface area contributed by atoms with Crippen molar-refractivity contribution in [1.29, 1.82) is 0 Å². The average molecular weight is 251 g/mol. The van der Waals surface area contributed by atoms with Crippen LogP contribution in [0.2, 0.25) is 0 Å². The average Bonchev–Trinajstić information content (AvgIpc) is 3.19. The van der Waals surface area contributed by atoms with E-state index in [2.05, 4.69) is 29.2 Å². The summed E-state index contributed by atoms with van der Waals surface area (Å²) in [5.41, 5.74) is -0.00113. The summed E-state index contributed by atoms with van der Waals surface area (Å²) in [4.78, 5) is 17.5. The van der Waals surface area contributed by atoms with Crippen molar-refractivity contribution in [3.8, 4) is 0 Å². The minimum Gasteiger partial charge on any atom is -0.350 e. The van der Waals surface area contributed by atoms with Gasteiger partial charge in [0.05, 0.1) is 5.56 Å². The van der Waals surface area contributed by atoms with Crippen LogP contribution in [0.4, 0.5) is 4.39 Å². The van der Waals surface area contributed by atoms with Gasteiger partial charge in [0.25, 0.3) is 5.91 Å². The predicted molar refractivity (Wildman–Crippen MR) is 66.8 cm³/mol. The molecular formula is C13H18FN3O. The quantitative estimate of drug-likeness (QED) is 0.805. The lowest BCUT2D eigenvalue weighted by atomic mass is 10.2. The summed E-state index contributed by atoms with van der Waals surface area (Å²) in [6, 6.07) is 3.89. The molecule has 5 heteroatoms. The van der Waals surface area contributed by atoms with Gasteiger partial charge in [-0.15, -0.1) is 0 Å². The minimum absolute atomic E-state index is 0.00113. The first-order valence-corrected chi connectivity index (χ1v) is 6.20. The molecule has 1 amide bonds. The summed E-state index contributed by atoms with van der Waals surface area (Å²) in [6.45, 7) is 2.57. The zero-order valence-corrected chi connectivity index (χ0v) is 10.7. The molecule has 2 rings (SSSR count). The van der Waals surface area contributed by atoms with Crippen molar-refractivity contribution in [1.82, 2.24) is 15.2 Å². The largest absolute Gasteiger partial charge is 0.350 e. The van der Waals surface area contributed by atoms with Crippen molar-refractivity contribution in [2.75, 3.05) is 13.6 Å². The highest BCUT2D eigenvalue weighted by Crippen LogP contribution is 2.26. The van der Waals surface area contributed by atoms with E-state index in [-0.39, 0.29) is 11.6 Å². The minimum atomic E-state index is -0.724. The van der Waals surface area contributed by atoms with Crippen molar-refractivity contribution in [2.24, 2.45) is 0 Å². The van der Waals surface area contributed by atoms with E-state index in [9.17, 15) is 9.18 Å². The van der Waals surface area contributed by atoms with Crippen molar-refractivity contribution in [3.63, 3.8) is 0 Å². The monoisotopic (exact) mass is 251 g/mol. The Labute approximate surface area is 106 Å². The third-order valence-electron chi connectivity index (χ3n) is 3.38. The highest BCUT2D eigenvalue weighted by atomic mass is 19.1. The van der Waals surface area contributed by atoms with E-state index in [1.165, 1.54) is 25.1 Å². The van der Waals surface area contributed by atoms with Crippen LogP contribution in [0, 0.1) is 5.95 Å². The molecule has 1 saturated carbocycles. The van der Waals surface area contributed by atoms with Crippen LogP contribution in [0.15, 0.2) is 18.3 Å². The molecule has 0 radical (unpaired) electrons. The number of nitrogens with zero attached hydrogens (tertiary/aromatic N) is 2. The molecule has 0 aromatic carbocycles. The first-order chi connectivity index (χ1) is 8.59. The van der Waals surface area contributed by atoms with Crippen LogP contribution >= 0.6 is 0 Å². The van der Waals surface area contributed by atoms with Crippen molar-refractivity contribution < 1.29 is 9.18 Å². The Balaban J connectivity index is 1.86. The second kappa shape index (κ2) is 5.44. The fourth-order valence-electron chi connectivity index (χ4n) is 1.88. The number of nitrogens with one attached hydrogen (secondary N) is 1. The van der Waals surface area contributed by atoms with E-state index in [0.717, 1.165) is 0 Å². The smallest absolute Gasteiger partial charge is 0.255 e. The number of hydrogen-bond acceptors (Lipinski definition) is 3. The van der Waals surface area contributed by atoms with Crippen LogP contribution in [0.5, 0.6) is 0 Å². The Morgan fingerprint density at radius 3 is 3.00 bits per heavy atom. The summed E-state index contributed by atoms with van der Waals surface area (Å²) >= 11 is 0. The molecule has 1 aliphatic rings. The molecule has 1 aromatic heterocycles. The molecule has 4 nitrogen and oxygen atoms in total. The molecule has 0 aliphatic heterocycles. The van der Waals surface area contributed by atoms with Crippen LogP contribution in [-0.2, 0) is 0 Å². The SMILES string of the molecule is CC(CNC(=O)c1cccnc1F)N(C)C1CC1. The second-order valence-corrected chi connectivity index (χ2v) is 4.80. The third-order valence-corrected chi connectivity index (χ3v) is 3.38. The fourth-order valence-corrected chi connectivity index (χ4v) is 1.88. The Hall–Kier alpha value is -1.49. The van der Waals surface area contributed by atoms with E-state index in [4.69, 9.17) is 0 Å². The second-order valence-electron chi connectivity index (χ2n) is 4.80. The van der Waals surface area contributed by atoms with Gasteiger partial charge in [-0.3, -0.25) is 9.69 Å². The molecule has 1 heterocycles. The summed E-state index contributed by atoms with van der Waals surface area (Å²) in [7, 11) is 2.05. The summed E-state index contributed by atoms with van der Waals surface area (Å²) < 4.78 is 13.3.